The molecular weight excluding hydrogens is 710 g/mol. The van der Waals surface area contributed by atoms with E-state index < -0.39 is 48.5 Å². The Morgan fingerprint density at radius 1 is 0.519 bits per heavy atom. The molecule has 0 saturated carbocycles. The average molecular weight is 789 g/mol. The van der Waals surface area contributed by atoms with Gasteiger partial charge in [-0.2, -0.15) is 26.3 Å². The lowest BCUT2D eigenvalue weighted by atomic mass is 9.97. The van der Waals surface area contributed by atoms with Crippen molar-refractivity contribution < 1.29 is 46.1 Å². The molecule has 4 atom stereocenters. The molecule has 0 saturated heterocycles. The Bertz CT molecular complexity index is 901. The summed E-state index contributed by atoms with van der Waals surface area (Å²) < 4.78 is 73.6. The van der Waals surface area contributed by atoms with E-state index in [0.717, 1.165) is 38.5 Å². The van der Waals surface area contributed by atoms with E-state index in [-0.39, 0.29) is 6.42 Å². The number of carbonyl (C=O) groups is 2. The van der Waals surface area contributed by atoms with E-state index >= 15 is 0 Å². The number of aliphatic hydroxyl groups is 2. The fourth-order valence-corrected chi connectivity index (χ4v) is 6.21. The number of nitrogens with one attached hydrogen (secondary N) is 2. The quantitative estimate of drug-likeness (QED) is 0.0302. The second-order valence-electron chi connectivity index (χ2n) is 14.8. The summed E-state index contributed by atoms with van der Waals surface area (Å²) in [6, 6.07) is -1.65. The van der Waals surface area contributed by atoms with E-state index in [9.17, 15) is 46.1 Å². The minimum atomic E-state index is -4.99. The van der Waals surface area contributed by atoms with Crippen molar-refractivity contribution in [2.75, 3.05) is 0 Å². The van der Waals surface area contributed by atoms with Crippen LogP contribution in [0, 0.1) is 0 Å². The lowest BCUT2D eigenvalue weighted by Crippen LogP contribution is -2.51. The topological polar surface area (TPSA) is 98.7 Å². The van der Waals surface area contributed by atoms with Gasteiger partial charge >= 0.3 is 24.2 Å². The third-order valence-corrected chi connectivity index (χ3v) is 9.78. The second-order valence-corrected chi connectivity index (χ2v) is 14.8. The highest BCUT2D eigenvalue weighted by molar-refractivity contribution is 5.82. The van der Waals surface area contributed by atoms with Crippen molar-refractivity contribution >= 4 is 11.8 Å². The number of allylic oxidation sites excluding steroid dienone is 1. The number of carbonyl (C=O) groups excluding carboxylic acids is 2. The molecular formula is C42H78F6N2O4. The van der Waals surface area contributed by atoms with Gasteiger partial charge in [-0.3, -0.25) is 9.59 Å². The number of unbranched alkanes of at least 4 members (excludes halogenated alkanes) is 23. The average Bonchev–Trinajstić information content (AvgIpc) is 3.12. The molecule has 0 aromatic carbocycles. The van der Waals surface area contributed by atoms with Gasteiger partial charge in [0, 0.05) is 6.04 Å². The minimum Gasteiger partial charge on any atom is -0.390 e. The van der Waals surface area contributed by atoms with Crippen LogP contribution in [0.5, 0.6) is 0 Å². The minimum absolute atomic E-state index is 0.110. The first kappa shape index (κ1) is 54.3. The van der Waals surface area contributed by atoms with Crippen molar-refractivity contribution in [2.45, 2.75) is 244 Å². The van der Waals surface area contributed by atoms with E-state index in [1.54, 1.807) is 25.2 Å². The van der Waals surface area contributed by atoms with Gasteiger partial charge in [0.25, 0.3) is 0 Å². The van der Waals surface area contributed by atoms with Crippen LogP contribution in [-0.2, 0) is 9.59 Å². The zero-order chi connectivity index (χ0) is 41.1. The zero-order valence-corrected chi connectivity index (χ0v) is 34.2. The fraction of sp³-hybridized carbons (Fsp3) is 0.905. The van der Waals surface area contributed by atoms with Crippen molar-refractivity contribution in [3.05, 3.63) is 12.2 Å². The summed E-state index contributed by atoms with van der Waals surface area (Å²) >= 11 is 0. The number of halogens is 6. The van der Waals surface area contributed by atoms with E-state index in [2.05, 4.69) is 13.8 Å². The van der Waals surface area contributed by atoms with Gasteiger partial charge in [-0.15, -0.1) is 0 Å². The number of alkyl halides is 6. The summed E-state index contributed by atoms with van der Waals surface area (Å²) in [7, 11) is 0. The van der Waals surface area contributed by atoms with Crippen LogP contribution in [0.1, 0.15) is 207 Å². The molecule has 0 aromatic heterocycles. The maximum absolute atomic E-state index is 12.3. The first-order valence-corrected chi connectivity index (χ1v) is 21.4. The van der Waals surface area contributed by atoms with E-state index in [1.807, 2.05) is 11.4 Å². The van der Waals surface area contributed by atoms with Gasteiger partial charge in [-0.1, -0.05) is 188 Å². The van der Waals surface area contributed by atoms with E-state index in [0.29, 0.717) is 19.3 Å². The van der Waals surface area contributed by atoms with Crippen LogP contribution in [0.25, 0.3) is 0 Å². The predicted octanol–water partition coefficient (Wildman–Crippen LogP) is 12.3. The molecule has 54 heavy (non-hydrogen) atoms. The summed E-state index contributed by atoms with van der Waals surface area (Å²) in [5.41, 5.74) is 0. The molecule has 0 aliphatic heterocycles. The molecule has 0 unspecified atom stereocenters. The molecule has 0 bridgehead atoms. The standard InChI is InChI=1S/C21H40F3NO3.C21H38F3NO/c1-3-5-6-7-8-9-10-11-12-13-14-15-16-18(26)19(27)17(4-2)25-20(28)21(22,23)24;1-3-5-6-7-8-9-10-11-12-13-14-15-16-17-18-19(4-2)25-20(26)21(22,23)24/h17-19,26-27H,3-16H2,1-2H3,(H,25,28);17-19H,3-16H2,1-2H3,(H,25,26)/b;18-17+/t17-,18+,19-;19-/m00/s1. The smallest absolute Gasteiger partial charge is 0.390 e. The van der Waals surface area contributed by atoms with Crippen molar-refractivity contribution in [3.63, 3.8) is 0 Å². The lowest BCUT2D eigenvalue weighted by Gasteiger charge is -2.27. The molecule has 0 fully saturated rings. The molecule has 2 amide bonds. The third-order valence-electron chi connectivity index (χ3n) is 9.78. The van der Waals surface area contributed by atoms with Crippen LogP contribution in [0.2, 0.25) is 0 Å². The highest BCUT2D eigenvalue weighted by Gasteiger charge is 2.41. The van der Waals surface area contributed by atoms with E-state index in [4.69, 9.17) is 0 Å². The number of aliphatic hydroxyl groups excluding tert-OH is 2. The van der Waals surface area contributed by atoms with Gasteiger partial charge in [0.05, 0.1) is 18.2 Å². The maximum atomic E-state index is 12.3. The van der Waals surface area contributed by atoms with Crippen LogP contribution in [0.3, 0.4) is 0 Å². The Morgan fingerprint density at radius 3 is 1.22 bits per heavy atom. The molecule has 322 valence electrons. The van der Waals surface area contributed by atoms with Crippen molar-refractivity contribution in [1.29, 1.82) is 0 Å². The largest absolute Gasteiger partial charge is 0.471 e. The predicted molar refractivity (Wildman–Crippen MR) is 209 cm³/mol. The van der Waals surface area contributed by atoms with Crippen LogP contribution < -0.4 is 10.6 Å². The molecule has 0 aliphatic rings. The fourth-order valence-electron chi connectivity index (χ4n) is 6.21. The highest BCUT2D eigenvalue weighted by Crippen LogP contribution is 2.19. The first-order chi connectivity index (χ1) is 25.6. The number of amides is 2. The summed E-state index contributed by atoms with van der Waals surface area (Å²) in [6.45, 7) is 7.77. The first-order valence-electron chi connectivity index (χ1n) is 21.4. The van der Waals surface area contributed by atoms with Gasteiger partial charge in [-0.25, -0.2) is 0 Å². The number of rotatable bonds is 33. The van der Waals surface area contributed by atoms with Gasteiger partial charge in [-0.05, 0) is 32.1 Å². The lowest BCUT2D eigenvalue weighted by molar-refractivity contribution is -0.175. The molecule has 0 heterocycles. The highest BCUT2D eigenvalue weighted by atomic mass is 19.4. The van der Waals surface area contributed by atoms with Crippen molar-refractivity contribution in [1.82, 2.24) is 10.6 Å². The Labute approximate surface area is 324 Å². The third kappa shape index (κ3) is 33.5. The van der Waals surface area contributed by atoms with Crippen LogP contribution in [0.4, 0.5) is 26.3 Å². The molecule has 6 nitrogen and oxygen atoms in total. The summed E-state index contributed by atoms with van der Waals surface area (Å²) in [4.78, 5) is 21.9. The van der Waals surface area contributed by atoms with Gasteiger partial charge in [0.1, 0.15) is 0 Å². The van der Waals surface area contributed by atoms with Crippen LogP contribution >= 0.6 is 0 Å². The van der Waals surface area contributed by atoms with Gasteiger partial charge in [0.2, 0.25) is 0 Å². The monoisotopic (exact) mass is 789 g/mol. The molecule has 12 heteroatoms. The Hall–Kier alpha value is -1.82. The molecule has 0 rings (SSSR count). The Kier molecular flexibility index (Phi) is 35.8. The van der Waals surface area contributed by atoms with Crippen molar-refractivity contribution in [3.8, 4) is 0 Å². The van der Waals surface area contributed by atoms with Crippen LogP contribution in [-0.4, -0.2) is 58.7 Å². The van der Waals surface area contributed by atoms with Crippen molar-refractivity contribution in [2.24, 2.45) is 0 Å². The van der Waals surface area contributed by atoms with Gasteiger partial charge < -0.3 is 20.8 Å². The zero-order valence-electron chi connectivity index (χ0n) is 34.2. The Balaban J connectivity index is 0. The normalized spacial score (nSPS) is 14.3. The summed E-state index contributed by atoms with van der Waals surface area (Å²) in [6.07, 6.45) is 22.6. The maximum Gasteiger partial charge on any atom is 0.471 e. The second kappa shape index (κ2) is 35.6. The molecule has 4 N–H and O–H groups in total. The van der Waals surface area contributed by atoms with Crippen LogP contribution in [0.15, 0.2) is 12.2 Å². The number of hydrogen-bond acceptors (Lipinski definition) is 4. The summed E-state index contributed by atoms with van der Waals surface area (Å²) in [5, 5.41) is 23.8. The molecule has 0 aliphatic carbocycles. The Morgan fingerprint density at radius 2 is 0.870 bits per heavy atom. The molecule has 0 radical (unpaired) electrons. The number of hydrogen-bond donors (Lipinski definition) is 4. The summed E-state index contributed by atoms with van der Waals surface area (Å²) in [5.74, 6) is -3.95. The van der Waals surface area contributed by atoms with E-state index in [1.165, 1.54) is 116 Å². The molecule has 0 aromatic rings. The van der Waals surface area contributed by atoms with Gasteiger partial charge in [0.15, 0.2) is 0 Å². The molecule has 0 spiro atoms. The SMILES string of the molecule is CCCCCCCCCCCCCC/C=C/[C@H](CC)NC(=O)C(F)(F)F.CCCCCCCCCCCCCC[C@@H](O)[C@@H](O)[C@H](CC)NC(=O)C(F)(F)F.